The molecule has 8 heteroatoms. The summed E-state index contributed by atoms with van der Waals surface area (Å²) >= 11 is 0. The second-order valence-corrected chi connectivity index (χ2v) is 5.66. The standard InChI is InChI=1S/C10H8O3S.C4H3NO3/c11-14(12,13)10-7-3-5-8-4-1-2-6-9(8)10;6-3-1-2-4(7)5(3)8/h1-7H,(H,11,12,13);1-2,8H. The van der Waals surface area contributed by atoms with Crippen molar-refractivity contribution in [2.45, 2.75) is 4.90 Å². The highest BCUT2D eigenvalue weighted by molar-refractivity contribution is 7.86. The average Bonchev–Trinajstić information content (AvgIpc) is 2.77. The molecular weight excluding hydrogens is 310 g/mol. The summed E-state index contributed by atoms with van der Waals surface area (Å²) in [4.78, 5) is 20.3. The SMILES string of the molecule is O=C1C=CC(=O)N1O.O=S(=O)(O)c1cccc2ccccc12. The Hall–Kier alpha value is -2.55. The second kappa shape index (κ2) is 6.06. The molecule has 7 nitrogen and oxygen atoms in total. The number of carbonyl (C=O) groups excluding carboxylic acids is 2. The van der Waals surface area contributed by atoms with Crippen molar-refractivity contribution in [1.29, 1.82) is 0 Å². The van der Waals surface area contributed by atoms with Gasteiger partial charge >= 0.3 is 0 Å². The first-order valence-electron chi connectivity index (χ1n) is 6.01. The van der Waals surface area contributed by atoms with E-state index in [0.29, 0.717) is 5.39 Å². The molecule has 0 spiro atoms. The molecule has 0 unspecified atom stereocenters. The van der Waals surface area contributed by atoms with E-state index in [1.807, 2.05) is 6.07 Å². The molecule has 0 bridgehead atoms. The first-order valence-corrected chi connectivity index (χ1v) is 7.45. The fourth-order valence-corrected chi connectivity index (χ4v) is 2.53. The van der Waals surface area contributed by atoms with Gasteiger partial charge in [-0.25, -0.2) is 0 Å². The number of hydroxylamine groups is 2. The van der Waals surface area contributed by atoms with Crippen LogP contribution in [0.5, 0.6) is 0 Å². The fraction of sp³-hybridized carbons (Fsp3) is 0. The Bertz CT molecular complexity index is 849. The van der Waals surface area contributed by atoms with Crippen LogP contribution >= 0.6 is 0 Å². The van der Waals surface area contributed by atoms with Crippen molar-refractivity contribution in [3.63, 3.8) is 0 Å². The van der Waals surface area contributed by atoms with E-state index in [9.17, 15) is 18.0 Å². The van der Waals surface area contributed by atoms with Crippen LogP contribution in [0.2, 0.25) is 0 Å². The first-order chi connectivity index (χ1) is 10.3. The lowest BCUT2D eigenvalue weighted by Crippen LogP contribution is -2.25. The van der Waals surface area contributed by atoms with E-state index >= 15 is 0 Å². The van der Waals surface area contributed by atoms with Crippen molar-refractivity contribution in [3.05, 3.63) is 54.6 Å². The number of fused-ring (bicyclic) bond motifs is 1. The highest BCUT2D eigenvalue weighted by Gasteiger charge is 2.20. The molecule has 1 heterocycles. The highest BCUT2D eigenvalue weighted by Crippen LogP contribution is 2.21. The maximum atomic E-state index is 11.0. The highest BCUT2D eigenvalue weighted by atomic mass is 32.2. The predicted molar refractivity (Wildman–Crippen MR) is 76.5 cm³/mol. The Balaban J connectivity index is 0.000000188. The molecule has 1 aliphatic heterocycles. The molecule has 2 aromatic rings. The van der Waals surface area contributed by atoms with E-state index in [0.717, 1.165) is 17.5 Å². The van der Waals surface area contributed by atoms with Crippen LogP contribution in [0.1, 0.15) is 0 Å². The van der Waals surface area contributed by atoms with E-state index in [2.05, 4.69) is 0 Å². The van der Waals surface area contributed by atoms with Crippen LogP contribution in [-0.4, -0.2) is 35.1 Å². The van der Waals surface area contributed by atoms with Gasteiger partial charge in [0.15, 0.2) is 0 Å². The van der Waals surface area contributed by atoms with Gasteiger partial charge in [-0.15, -0.1) is 5.06 Å². The molecule has 114 valence electrons. The van der Waals surface area contributed by atoms with E-state index in [1.165, 1.54) is 6.07 Å². The molecule has 2 aromatic carbocycles. The van der Waals surface area contributed by atoms with Gasteiger partial charge in [0.05, 0.1) is 0 Å². The van der Waals surface area contributed by atoms with Crippen LogP contribution in [-0.2, 0) is 19.7 Å². The van der Waals surface area contributed by atoms with Crippen LogP contribution in [0.15, 0.2) is 59.5 Å². The van der Waals surface area contributed by atoms with E-state index in [1.54, 1.807) is 30.3 Å². The maximum absolute atomic E-state index is 11.0. The number of amides is 2. The van der Waals surface area contributed by atoms with Gasteiger partial charge in [0.2, 0.25) is 0 Å². The van der Waals surface area contributed by atoms with Gasteiger partial charge in [0, 0.05) is 17.5 Å². The monoisotopic (exact) mass is 321 g/mol. The Morgan fingerprint density at radius 2 is 1.41 bits per heavy atom. The van der Waals surface area contributed by atoms with E-state index in [4.69, 9.17) is 9.76 Å². The summed E-state index contributed by atoms with van der Waals surface area (Å²) in [7, 11) is -4.13. The molecular formula is C14H11NO6S. The lowest BCUT2D eigenvalue weighted by atomic mass is 10.1. The normalized spacial score (nSPS) is 14.2. The molecule has 0 radical (unpaired) electrons. The largest absolute Gasteiger partial charge is 0.295 e. The number of hydrogen-bond acceptors (Lipinski definition) is 5. The zero-order valence-corrected chi connectivity index (χ0v) is 11.9. The molecule has 22 heavy (non-hydrogen) atoms. The summed E-state index contributed by atoms with van der Waals surface area (Å²) < 4.78 is 31.0. The summed E-state index contributed by atoms with van der Waals surface area (Å²) in [5, 5.41) is 9.73. The number of hydrogen-bond donors (Lipinski definition) is 2. The topological polar surface area (TPSA) is 112 Å². The number of imide groups is 1. The molecule has 2 N–H and O–H groups in total. The predicted octanol–water partition coefficient (Wildman–Crippen LogP) is 1.39. The van der Waals surface area contributed by atoms with Crippen LogP contribution in [0.3, 0.4) is 0 Å². The van der Waals surface area contributed by atoms with Crippen molar-refractivity contribution in [2.24, 2.45) is 0 Å². The summed E-state index contributed by atoms with van der Waals surface area (Å²) in [6.45, 7) is 0. The van der Waals surface area contributed by atoms with Crippen molar-refractivity contribution >= 4 is 32.7 Å². The minimum absolute atomic E-state index is 0.0457. The third-order valence-corrected chi connectivity index (χ3v) is 3.73. The van der Waals surface area contributed by atoms with Gasteiger partial charge in [-0.3, -0.25) is 19.3 Å². The van der Waals surface area contributed by atoms with Crippen molar-refractivity contribution in [2.75, 3.05) is 0 Å². The Kier molecular flexibility index (Phi) is 4.36. The zero-order chi connectivity index (χ0) is 16.3. The first kappa shape index (κ1) is 15.8. The molecule has 0 fully saturated rings. The number of carbonyl (C=O) groups is 2. The lowest BCUT2D eigenvalue weighted by molar-refractivity contribution is -0.169. The molecule has 0 saturated heterocycles. The minimum Gasteiger partial charge on any atom is -0.282 e. The Morgan fingerprint density at radius 1 is 0.864 bits per heavy atom. The summed E-state index contributed by atoms with van der Waals surface area (Å²) in [5.74, 6) is -1.37. The van der Waals surface area contributed by atoms with Gasteiger partial charge in [-0.1, -0.05) is 36.4 Å². The maximum Gasteiger partial charge on any atom is 0.295 e. The average molecular weight is 321 g/mol. The van der Waals surface area contributed by atoms with Gasteiger partial charge in [0.1, 0.15) is 4.90 Å². The van der Waals surface area contributed by atoms with Gasteiger partial charge in [-0.2, -0.15) is 8.42 Å². The lowest BCUT2D eigenvalue weighted by Gasteiger charge is -2.02. The van der Waals surface area contributed by atoms with Gasteiger partial charge in [-0.05, 0) is 11.5 Å². The van der Waals surface area contributed by atoms with E-state index < -0.39 is 21.9 Å². The van der Waals surface area contributed by atoms with Crippen molar-refractivity contribution in [3.8, 4) is 0 Å². The van der Waals surface area contributed by atoms with Gasteiger partial charge in [0.25, 0.3) is 21.9 Å². The molecule has 0 aromatic heterocycles. The summed E-state index contributed by atoms with van der Waals surface area (Å²) in [6.07, 6.45) is 2.00. The van der Waals surface area contributed by atoms with Crippen LogP contribution < -0.4 is 0 Å². The summed E-state index contributed by atoms with van der Waals surface area (Å²) in [5.41, 5.74) is 0. The molecule has 0 aliphatic carbocycles. The van der Waals surface area contributed by atoms with E-state index in [-0.39, 0.29) is 9.96 Å². The third kappa shape index (κ3) is 3.37. The Morgan fingerprint density at radius 3 is 1.91 bits per heavy atom. The van der Waals surface area contributed by atoms with Crippen LogP contribution in [0, 0.1) is 0 Å². The molecule has 2 amide bonds. The Labute approximate surface area is 125 Å². The zero-order valence-electron chi connectivity index (χ0n) is 11.1. The van der Waals surface area contributed by atoms with Crippen LogP contribution in [0.4, 0.5) is 0 Å². The molecule has 0 saturated carbocycles. The second-order valence-electron chi connectivity index (χ2n) is 4.27. The quantitative estimate of drug-likeness (QED) is 0.466. The van der Waals surface area contributed by atoms with Gasteiger partial charge < -0.3 is 0 Å². The third-order valence-electron chi connectivity index (χ3n) is 2.81. The molecule has 1 aliphatic rings. The number of rotatable bonds is 1. The summed E-state index contributed by atoms with van der Waals surface area (Å²) in [6, 6.07) is 11.8. The molecule has 0 atom stereocenters. The van der Waals surface area contributed by atoms with Crippen molar-refractivity contribution < 1.29 is 27.8 Å². The molecule has 3 rings (SSSR count). The fourth-order valence-electron chi connectivity index (χ4n) is 1.81. The smallest absolute Gasteiger partial charge is 0.282 e. The number of benzene rings is 2. The van der Waals surface area contributed by atoms with Crippen molar-refractivity contribution in [1.82, 2.24) is 5.06 Å². The number of nitrogens with zero attached hydrogens (tertiary/aromatic N) is 1. The minimum atomic E-state index is -4.13. The van der Waals surface area contributed by atoms with Crippen LogP contribution in [0.25, 0.3) is 10.8 Å².